The van der Waals surface area contributed by atoms with Gasteiger partial charge in [0.05, 0.1) is 0 Å². The first-order valence-electron chi connectivity index (χ1n) is 9.91. The molecule has 9 heteroatoms. The fourth-order valence-electron chi connectivity index (χ4n) is 3.52. The van der Waals surface area contributed by atoms with Crippen LogP contribution in [0.1, 0.15) is 39.4 Å². The normalized spacial score (nSPS) is 18.2. The molecule has 1 saturated heterocycles. The van der Waals surface area contributed by atoms with E-state index in [0.717, 1.165) is 68.6 Å². The van der Waals surface area contributed by atoms with Gasteiger partial charge in [-0.05, 0) is 26.7 Å². The lowest BCUT2D eigenvalue weighted by Gasteiger charge is -2.36. The summed E-state index contributed by atoms with van der Waals surface area (Å²) in [5, 5.41) is 4.62. The fraction of sp³-hybridized carbons (Fsp3) is 0.833. The zero-order chi connectivity index (χ0) is 18.5. The lowest BCUT2D eigenvalue weighted by atomic mass is 10.3. The van der Waals surface area contributed by atoms with Crippen LogP contribution in [-0.4, -0.2) is 83.5 Å². The molecule has 1 aliphatic heterocycles. The minimum atomic E-state index is 0. The fourth-order valence-corrected chi connectivity index (χ4v) is 4.33. The number of nitrogens with one attached hydrogen (secondary N) is 1. The predicted molar refractivity (Wildman–Crippen MR) is 125 cm³/mol. The maximum atomic E-state index is 4.61. The van der Waals surface area contributed by atoms with Gasteiger partial charge < -0.3 is 15.1 Å². The number of anilines is 1. The van der Waals surface area contributed by atoms with E-state index in [1.54, 1.807) is 0 Å². The third-order valence-electron chi connectivity index (χ3n) is 5.17. The van der Waals surface area contributed by atoms with Crippen molar-refractivity contribution in [1.29, 1.82) is 0 Å². The zero-order valence-electron chi connectivity index (χ0n) is 17.0. The molecule has 7 nitrogen and oxygen atoms in total. The molecule has 1 saturated carbocycles. The summed E-state index contributed by atoms with van der Waals surface area (Å²) in [5.41, 5.74) is 0. The van der Waals surface area contributed by atoms with Gasteiger partial charge in [-0.15, -0.1) is 24.0 Å². The molecule has 0 atom stereocenters. The van der Waals surface area contributed by atoms with Gasteiger partial charge in [0.2, 0.25) is 5.13 Å². The molecule has 27 heavy (non-hydrogen) atoms. The van der Waals surface area contributed by atoms with Crippen LogP contribution in [0.15, 0.2) is 4.99 Å². The Morgan fingerprint density at radius 2 is 2.00 bits per heavy atom. The standard InChI is InChI=1S/C18H33N7S.HI/c1-5-16-21-18(26-22-16)24-12-10-23(11-13-24)17(19-4)20-8-9-25(14(2)3)15-6-7-15;/h14-15H,5-13H2,1-4H3,(H,19,20);1H. The molecule has 2 aliphatic rings. The van der Waals surface area contributed by atoms with E-state index in [-0.39, 0.29) is 24.0 Å². The first kappa shape index (κ1) is 22.6. The van der Waals surface area contributed by atoms with Crippen molar-refractivity contribution in [2.45, 2.75) is 52.1 Å². The first-order valence-corrected chi connectivity index (χ1v) is 10.7. The number of aryl methyl sites for hydroxylation is 1. The summed E-state index contributed by atoms with van der Waals surface area (Å²) in [4.78, 5) is 16.4. The smallest absolute Gasteiger partial charge is 0.205 e. The second-order valence-corrected chi connectivity index (χ2v) is 8.09. The summed E-state index contributed by atoms with van der Waals surface area (Å²) in [6.07, 6.45) is 3.63. The molecule has 154 valence electrons. The van der Waals surface area contributed by atoms with Crippen LogP contribution < -0.4 is 10.2 Å². The minimum absolute atomic E-state index is 0. The number of rotatable bonds is 7. The molecular formula is C18H34IN7S. The van der Waals surface area contributed by atoms with Crippen molar-refractivity contribution in [1.82, 2.24) is 24.5 Å². The number of hydrogen-bond acceptors (Lipinski definition) is 6. The van der Waals surface area contributed by atoms with E-state index in [0.29, 0.717) is 6.04 Å². The number of nitrogens with zero attached hydrogens (tertiary/aromatic N) is 6. The molecule has 0 amide bonds. The van der Waals surface area contributed by atoms with Gasteiger partial charge in [0.1, 0.15) is 5.82 Å². The van der Waals surface area contributed by atoms with Crippen molar-refractivity contribution >= 4 is 46.6 Å². The van der Waals surface area contributed by atoms with Crippen molar-refractivity contribution in [3.63, 3.8) is 0 Å². The van der Waals surface area contributed by atoms with E-state index in [9.17, 15) is 0 Å². The third kappa shape index (κ3) is 6.15. The number of hydrogen-bond donors (Lipinski definition) is 1. The quantitative estimate of drug-likeness (QED) is 0.347. The number of piperazine rings is 1. The van der Waals surface area contributed by atoms with Crippen molar-refractivity contribution in [3.05, 3.63) is 5.82 Å². The van der Waals surface area contributed by atoms with E-state index >= 15 is 0 Å². The van der Waals surface area contributed by atoms with Gasteiger partial charge >= 0.3 is 0 Å². The van der Waals surface area contributed by atoms with Crippen LogP contribution in [0.2, 0.25) is 0 Å². The molecular weight excluding hydrogens is 473 g/mol. The Labute approximate surface area is 184 Å². The molecule has 1 aromatic rings. The lowest BCUT2D eigenvalue weighted by molar-refractivity contribution is 0.214. The van der Waals surface area contributed by atoms with Gasteiger partial charge in [-0.2, -0.15) is 4.37 Å². The Morgan fingerprint density at radius 1 is 1.30 bits per heavy atom. The molecule has 2 heterocycles. The van der Waals surface area contributed by atoms with Gasteiger partial charge in [-0.25, -0.2) is 4.98 Å². The highest BCUT2D eigenvalue weighted by atomic mass is 127. The Kier molecular flexibility index (Phi) is 9.00. The van der Waals surface area contributed by atoms with E-state index in [1.165, 1.54) is 24.4 Å². The highest BCUT2D eigenvalue weighted by Gasteiger charge is 2.30. The number of halogens is 1. The molecule has 2 fully saturated rings. The van der Waals surface area contributed by atoms with Crippen molar-refractivity contribution in [3.8, 4) is 0 Å². The Hall–Kier alpha value is -0.680. The first-order chi connectivity index (χ1) is 12.6. The van der Waals surface area contributed by atoms with Gasteiger partial charge in [-0.3, -0.25) is 9.89 Å². The number of aliphatic imine (C=N–C) groups is 1. The topological polar surface area (TPSA) is 59.9 Å². The molecule has 0 aromatic carbocycles. The molecule has 0 spiro atoms. The summed E-state index contributed by atoms with van der Waals surface area (Å²) in [5.74, 6) is 1.98. The zero-order valence-corrected chi connectivity index (χ0v) is 20.2. The van der Waals surface area contributed by atoms with E-state index in [4.69, 9.17) is 0 Å². The van der Waals surface area contributed by atoms with Crippen molar-refractivity contribution in [2.24, 2.45) is 4.99 Å². The molecule has 1 aliphatic carbocycles. The highest BCUT2D eigenvalue weighted by Crippen LogP contribution is 2.28. The summed E-state index contributed by atoms with van der Waals surface area (Å²) in [6.45, 7) is 12.6. The maximum absolute atomic E-state index is 4.61. The third-order valence-corrected chi connectivity index (χ3v) is 5.98. The average molecular weight is 507 g/mol. The Bertz CT molecular complexity index is 592. The van der Waals surface area contributed by atoms with E-state index in [2.05, 4.69) is 55.1 Å². The Balaban J connectivity index is 0.00000261. The monoisotopic (exact) mass is 507 g/mol. The summed E-state index contributed by atoms with van der Waals surface area (Å²) < 4.78 is 4.41. The summed E-state index contributed by atoms with van der Waals surface area (Å²) in [7, 11) is 1.88. The highest BCUT2D eigenvalue weighted by molar-refractivity contribution is 14.0. The van der Waals surface area contributed by atoms with Gasteiger partial charge in [-0.1, -0.05) is 6.92 Å². The van der Waals surface area contributed by atoms with Crippen LogP contribution in [0.5, 0.6) is 0 Å². The molecule has 1 aromatic heterocycles. The molecule has 1 N–H and O–H groups in total. The maximum Gasteiger partial charge on any atom is 0.205 e. The number of guanidine groups is 1. The largest absolute Gasteiger partial charge is 0.355 e. The van der Waals surface area contributed by atoms with Crippen LogP contribution in [0.25, 0.3) is 0 Å². The van der Waals surface area contributed by atoms with Crippen molar-refractivity contribution in [2.75, 3.05) is 51.2 Å². The second-order valence-electron chi connectivity index (χ2n) is 7.36. The van der Waals surface area contributed by atoms with Crippen LogP contribution in [0.3, 0.4) is 0 Å². The predicted octanol–water partition coefficient (Wildman–Crippen LogP) is 2.29. The number of aromatic nitrogens is 2. The molecule has 3 rings (SSSR count). The molecule has 0 radical (unpaired) electrons. The molecule has 0 unspecified atom stereocenters. The van der Waals surface area contributed by atoms with Gasteiger partial charge in [0.25, 0.3) is 0 Å². The van der Waals surface area contributed by atoms with Crippen LogP contribution in [0, 0.1) is 0 Å². The Morgan fingerprint density at radius 3 is 2.52 bits per heavy atom. The van der Waals surface area contributed by atoms with E-state index < -0.39 is 0 Å². The summed E-state index contributed by atoms with van der Waals surface area (Å²) in [6, 6.07) is 1.43. The lowest BCUT2D eigenvalue weighted by Crippen LogP contribution is -2.53. The van der Waals surface area contributed by atoms with Crippen LogP contribution in [0.4, 0.5) is 5.13 Å². The average Bonchev–Trinajstić information content (AvgIpc) is 3.37. The SMILES string of the molecule is CCc1nsc(N2CCN(C(=NC)NCCN(C(C)C)C3CC3)CC2)n1.I. The van der Waals surface area contributed by atoms with Crippen molar-refractivity contribution < 1.29 is 0 Å². The molecule has 0 bridgehead atoms. The van der Waals surface area contributed by atoms with Crippen LogP contribution >= 0.6 is 35.5 Å². The second kappa shape index (κ2) is 10.8. The van der Waals surface area contributed by atoms with Gasteiger partial charge in [0.15, 0.2) is 5.96 Å². The van der Waals surface area contributed by atoms with E-state index in [1.807, 2.05) is 7.05 Å². The summed E-state index contributed by atoms with van der Waals surface area (Å²) >= 11 is 1.52. The van der Waals surface area contributed by atoms with Crippen LogP contribution in [-0.2, 0) is 6.42 Å². The van der Waals surface area contributed by atoms with Gasteiger partial charge in [0, 0.05) is 76.4 Å². The minimum Gasteiger partial charge on any atom is -0.355 e.